The number of carbonyl (C=O) groups excluding carboxylic acids is 2. The van der Waals surface area contributed by atoms with Crippen LogP contribution in [0.1, 0.15) is 39.8 Å². The summed E-state index contributed by atoms with van der Waals surface area (Å²) in [5.41, 5.74) is 1.96. The minimum Gasteiger partial charge on any atom is -0.483 e. The Morgan fingerprint density at radius 3 is 2.42 bits per heavy atom. The quantitative estimate of drug-likeness (QED) is 0.462. The zero-order chi connectivity index (χ0) is 27.1. The van der Waals surface area contributed by atoms with Gasteiger partial charge < -0.3 is 18.9 Å². The van der Waals surface area contributed by atoms with Gasteiger partial charge in [-0.25, -0.2) is 32.8 Å². The summed E-state index contributed by atoms with van der Waals surface area (Å²) in [6, 6.07) is 5.14. The molecule has 12 heteroatoms. The van der Waals surface area contributed by atoms with E-state index in [0.717, 1.165) is 12.3 Å². The number of methoxy groups -OCH3 is 1. The number of carbonyl (C=O) groups is 2. The van der Waals surface area contributed by atoms with Crippen molar-refractivity contribution in [3.05, 3.63) is 76.5 Å². The molecule has 0 bridgehead atoms. The molecule has 3 aromatic rings. The summed E-state index contributed by atoms with van der Waals surface area (Å²) in [7, 11) is 1.29. The van der Waals surface area contributed by atoms with Crippen LogP contribution in [-0.2, 0) is 4.74 Å². The van der Waals surface area contributed by atoms with E-state index in [1.807, 2.05) is 0 Å². The lowest BCUT2D eigenvalue weighted by atomic mass is 10.0. The highest BCUT2D eigenvalue weighted by atomic mass is 19.1. The topological polar surface area (TPSA) is 89.3 Å². The number of amides is 2. The van der Waals surface area contributed by atoms with Gasteiger partial charge in [-0.05, 0) is 37.6 Å². The number of rotatable bonds is 5. The molecule has 5 rings (SSSR count). The molecule has 4 heterocycles. The molecule has 2 aromatic heterocycles. The Bertz CT molecular complexity index is 1430. The van der Waals surface area contributed by atoms with Crippen molar-refractivity contribution in [3.63, 3.8) is 0 Å². The van der Waals surface area contributed by atoms with Crippen molar-refractivity contribution in [3.8, 4) is 11.6 Å². The van der Waals surface area contributed by atoms with Crippen LogP contribution in [0.3, 0.4) is 0 Å². The molecule has 1 aromatic carbocycles. The van der Waals surface area contributed by atoms with Crippen molar-refractivity contribution in [2.24, 2.45) is 5.10 Å². The van der Waals surface area contributed by atoms with Crippen molar-refractivity contribution < 1.29 is 32.2 Å². The Morgan fingerprint density at radius 1 is 1.03 bits per heavy atom. The van der Waals surface area contributed by atoms with Gasteiger partial charge in [0.1, 0.15) is 23.6 Å². The number of aromatic nitrogens is 2. The number of esters is 1. The summed E-state index contributed by atoms with van der Waals surface area (Å²) in [6.07, 6.45) is 2.38. The van der Waals surface area contributed by atoms with Gasteiger partial charge in [0.15, 0.2) is 11.6 Å². The first-order valence-corrected chi connectivity index (χ1v) is 11.8. The van der Waals surface area contributed by atoms with Crippen LogP contribution < -0.4 is 4.74 Å². The summed E-state index contributed by atoms with van der Waals surface area (Å²) >= 11 is 0. The highest BCUT2D eigenvalue weighted by Crippen LogP contribution is 2.32. The number of halogens is 3. The normalized spacial score (nSPS) is 17.1. The Kier molecular flexibility index (Phi) is 6.55. The van der Waals surface area contributed by atoms with E-state index in [1.165, 1.54) is 41.4 Å². The molecule has 1 saturated heterocycles. The third-order valence-corrected chi connectivity index (χ3v) is 6.58. The van der Waals surface area contributed by atoms with E-state index >= 15 is 0 Å². The van der Waals surface area contributed by atoms with Crippen molar-refractivity contribution in [1.82, 2.24) is 19.5 Å². The molecule has 2 aliphatic heterocycles. The summed E-state index contributed by atoms with van der Waals surface area (Å²) in [6.45, 7) is 3.85. The predicted octanol–water partition coefficient (Wildman–Crippen LogP) is 4.31. The molecule has 0 spiro atoms. The molecule has 0 saturated carbocycles. The first kappa shape index (κ1) is 25.3. The molecule has 0 N–H and O–H groups in total. The van der Waals surface area contributed by atoms with Crippen LogP contribution in [0.25, 0.3) is 5.82 Å². The van der Waals surface area contributed by atoms with Crippen LogP contribution in [0, 0.1) is 31.3 Å². The minimum absolute atomic E-state index is 0.0495. The third-order valence-electron chi connectivity index (χ3n) is 6.58. The molecular weight excluding hydrogens is 503 g/mol. The number of ether oxygens (including phenoxy) is 2. The molecule has 1 atom stereocenters. The number of aryl methyl sites for hydroxylation is 1. The standard InChI is InChI=1S/C26H24F3N5O4/c1-14-6-20(25(35)37-3)15(2)33(14)24-10-23(21(29)11-30-24)38-19-12-32(13-19)26(36)34-22(4-5-31-34)16-7-17(27)9-18(28)8-16/h5-11,19,22H,4,12-13H2,1-3H3. The second-order valence-electron chi connectivity index (χ2n) is 9.11. The number of hydrazone groups is 1. The lowest BCUT2D eigenvalue weighted by Crippen LogP contribution is -2.58. The number of urea groups is 1. The van der Waals surface area contributed by atoms with Gasteiger partial charge in [-0.3, -0.25) is 0 Å². The highest BCUT2D eigenvalue weighted by molar-refractivity contribution is 5.91. The molecule has 198 valence electrons. The number of hydrogen-bond donors (Lipinski definition) is 0. The van der Waals surface area contributed by atoms with Crippen LogP contribution in [0.5, 0.6) is 5.75 Å². The largest absolute Gasteiger partial charge is 0.483 e. The third kappa shape index (κ3) is 4.57. The molecule has 0 radical (unpaired) electrons. The zero-order valence-corrected chi connectivity index (χ0v) is 20.8. The maximum Gasteiger partial charge on any atom is 0.341 e. The second-order valence-corrected chi connectivity index (χ2v) is 9.11. The maximum atomic E-state index is 14.6. The summed E-state index contributed by atoms with van der Waals surface area (Å²) in [4.78, 5) is 30.6. The number of nitrogens with zero attached hydrogens (tertiary/aromatic N) is 5. The van der Waals surface area contributed by atoms with Crippen LogP contribution in [-0.4, -0.2) is 64.0 Å². The molecule has 2 aliphatic rings. The minimum atomic E-state index is -0.734. The lowest BCUT2D eigenvalue weighted by molar-refractivity contribution is 0.0256. The maximum absolute atomic E-state index is 14.6. The Labute approximate surface area is 216 Å². The fourth-order valence-corrected chi connectivity index (χ4v) is 4.69. The molecule has 1 unspecified atom stereocenters. The number of pyridine rings is 1. The van der Waals surface area contributed by atoms with Gasteiger partial charge in [-0.2, -0.15) is 5.10 Å². The van der Waals surface area contributed by atoms with Gasteiger partial charge >= 0.3 is 12.0 Å². The molecule has 1 fully saturated rings. The SMILES string of the molecule is COC(=O)c1cc(C)n(-c2cc(OC3CN(C(=O)N4N=CCC4c4cc(F)cc(F)c4)C3)c(F)cn2)c1C. The van der Waals surface area contributed by atoms with Gasteiger partial charge in [0.25, 0.3) is 0 Å². The van der Waals surface area contributed by atoms with Crippen molar-refractivity contribution in [2.45, 2.75) is 32.4 Å². The van der Waals surface area contributed by atoms with Crippen LogP contribution >= 0.6 is 0 Å². The number of hydrogen-bond acceptors (Lipinski definition) is 6. The van der Waals surface area contributed by atoms with Crippen LogP contribution in [0.4, 0.5) is 18.0 Å². The Hall–Kier alpha value is -4.35. The molecular formula is C26H24F3N5O4. The van der Waals surface area contributed by atoms with E-state index in [2.05, 4.69) is 10.1 Å². The Balaban J connectivity index is 1.27. The fourth-order valence-electron chi connectivity index (χ4n) is 4.69. The van der Waals surface area contributed by atoms with Crippen molar-refractivity contribution in [2.75, 3.05) is 20.2 Å². The molecule has 0 aliphatic carbocycles. The average molecular weight is 528 g/mol. The molecule has 9 nitrogen and oxygen atoms in total. The highest BCUT2D eigenvalue weighted by Gasteiger charge is 2.39. The number of likely N-dealkylation sites (tertiary alicyclic amines) is 1. The van der Waals surface area contributed by atoms with E-state index in [1.54, 1.807) is 24.5 Å². The van der Waals surface area contributed by atoms with Gasteiger partial charge in [-0.1, -0.05) is 0 Å². The number of benzene rings is 1. The van der Waals surface area contributed by atoms with E-state index < -0.39 is 41.6 Å². The lowest BCUT2D eigenvalue weighted by Gasteiger charge is -2.41. The van der Waals surface area contributed by atoms with E-state index in [0.29, 0.717) is 34.8 Å². The van der Waals surface area contributed by atoms with Gasteiger partial charge in [0.2, 0.25) is 0 Å². The van der Waals surface area contributed by atoms with E-state index in [-0.39, 0.29) is 18.8 Å². The second kappa shape index (κ2) is 9.84. The summed E-state index contributed by atoms with van der Waals surface area (Å²) in [5, 5.41) is 5.27. The van der Waals surface area contributed by atoms with Gasteiger partial charge in [-0.15, -0.1) is 0 Å². The Morgan fingerprint density at radius 2 is 1.74 bits per heavy atom. The zero-order valence-electron chi connectivity index (χ0n) is 20.8. The first-order chi connectivity index (χ1) is 18.2. The first-order valence-electron chi connectivity index (χ1n) is 11.8. The molecule has 2 amide bonds. The smallest absolute Gasteiger partial charge is 0.341 e. The van der Waals surface area contributed by atoms with Crippen molar-refractivity contribution >= 4 is 18.2 Å². The van der Waals surface area contributed by atoms with Crippen molar-refractivity contribution in [1.29, 1.82) is 0 Å². The van der Waals surface area contributed by atoms with Gasteiger partial charge in [0.05, 0.1) is 38.0 Å². The fraction of sp³-hybridized carbons (Fsp3) is 0.308. The summed E-state index contributed by atoms with van der Waals surface area (Å²) in [5.74, 6) is -2.33. The average Bonchev–Trinajstić information content (AvgIpc) is 3.45. The predicted molar refractivity (Wildman–Crippen MR) is 130 cm³/mol. The van der Waals surface area contributed by atoms with Crippen LogP contribution in [0.15, 0.2) is 41.6 Å². The van der Waals surface area contributed by atoms with Crippen LogP contribution in [0.2, 0.25) is 0 Å². The van der Waals surface area contributed by atoms with E-state index in [4.69, 9.17) is 9.47 Å². The summed E-state index contributed by atoms with van der Waals surface area (Å²) < 4.78 is 54.3. The van der Waals surface area contributed by atoms with Gasteiger partial charge in [0, 0.05) is 36.2 Å². The monoisotopic (exact) mass is 527 g/mol. The van der Waals surface area contributed by atoms with E-state index in [9.17, 15) is 22.8 Å². The molecule has 38 heavy (non-hydrogen) atoms.